The van der Waals surface area contributed by atoms with E-state index in [1.54, 1.807) is 11.3 Å². The van der Waals surface area contributed by atoms with Gasteiger partial charge in [-0.25, -0.2) is 19.9 Å². The van der Waals surface area contributed by atoms with E-state index in [-0.39, 0.29) is 0 Å². The maximum absolute atomic E-state index is 5.65. The summed E-state index contributed by atoms with van der Waals surface area (Å²) in [7, 11) is 0. The minimum Gasteiger partial charge on any atom is -0.278 e. The number of rotatable bonds is 6. The van der Waals surface area contributed by atoms with Crippen LogP contribution in [0.25, 0.3) is 153 Å². The Bertz CT molecular complexity index is 5000. The van der Waals surface area contributed by atoms with Crippen LogP contribution in [0.5, 0.6) is 0 Å². The first-order chi connectivity index (χ1) is 37.2. The van der Waals surface area contributed by atoms with Gasteiger partial charge in [0.05, 0.1) is 49.2 Å². The van der Waals surface area contributed by atoms with E-state index in [2.05, 4.69) is 252 Å². The molecule has 7 heteroatoms. The molecule has 0 saturated heterocycles. The highest BCUT2D eigenvalue weighted by Gasteiger charge is 2.25. The first-order valence-electron chi connectivity index (χ1n) is 25.3. The molecule has 16 aromatic rings. The Labute approximate surface area is 433 Å². The van der Waals surface area contributed by atoms with Gasteiger partial charge in [-0.2, -0.15) is 0 Å². The summed E-state index contributed by atoms with van der Waals surface area (Å²) >= 11 is 1.74. The highest BCUT2D eigenvalue weighted by molar-refractivity contribution is 7.22. The van der Waals surface area contributed by atoms with Crippen LogP contribution in [0.3, 0.4) is 0 Å². The van der Waals surface area contributed by atoms with Gasteiger partial charge in [-0.15, -0.1) is 11.3 Å². The van der Waals surface area contributed by atoms with Crippen LogP contribution in [-0.4, -0.2) is 29.1 Å². The van der Waals surface area contributed by atoms with Crippen molar-refractivity contribution in [2.75, 3.05) is 0 Å². The van der Waals surface area contributed by atoms with Crippen LogP contribution < -0.4 is 0 Å². The monoisotopic (exact) mass is 972 g/mol. The number of hydrogen-bond donors (Lipinski definition) is 0. The van der Waals surface area contributed by atoms with Crippen LogP contribution in [0, 0.1) is 0 Å². The van der Waals surface area contributed by atoms with Gasteiger partial charge >= 0.3 is 0 Å². The van der Waals surface area contributed by atoms with Gasteiger partial charge in [-0.1, -0.05) is 206 Å². The molecule has 0 aliphatic rings. The van der Waals surface area contributed by atoms with Crippen LogP contribution in [0.1, 0.15) is 0 Å². The van der Waals surface area contributed by atoms with E-state index in [0.717, 1.165) is 114 Å². The Morgan fingerprint density at radius 2 is 0.813 bits per heavy atom. The zero-order valence-electron chi connectivity index (χ0n) is 40.2. The average molecular weight is 973 g/mol. The zero-order valence-corrected chi connectivity index (χ0v) is 41.0. The number of hydrogen-bond acceptors (Lipinski definition) is 5. The molecule has 5 aromatic heterocycles. The summed E-state index contributed by atoms with van der Waals surface area (Å²) in [6.07, 6.45) is 0. The van der Waals surface area contributed by atoms with Gasteiger partial charge in [0.2, 0.25) is 11.9 Å². The van der Waals surface area contributed by atoms with E-state index in [0.29, 0.717) is 11.9 Å². The number of thiophene rings is 1. The average Bonchev–Trinajstić information content (AvgIpc) is 4.25. The van der Waals surface area contributed by atoms with Crippen LogP contribution in [0.4, 0.5) is 0 Å². The fourth-order valence-corrected chi connectivity index (χ4v) is 12.9. The lowest BCUT2D eigenvalue weighted by Crippen LogP contribution is -2.04. The minimum absolute atomic E-state index is 0.619. The van der Waals surface area contributed by atoms with Gasteiger partial charge in [-0.05, 0) is 79.8 Å². The van der Waals surface area contributed by atoms with Crippen molar-refractivity contribution in [3.63, 3.8) is 0 Å². The molecule has 5 heterocycles. The van der Waals surface area contributed by atoms with Crippen molar-refractivity contribution >= 4 is 108 Å². The maximum Gasteiger partial charge on any atom is 0.235 e. The Hall–Kier alpha value is -9.82. The molecule has 0 radical (unpaired) electrons. The lowest BCUT2D eigenvalue weighted by Gasteiger charge is -2.15. The van der Waals surface area contributed by atoms with Crippen molar-refractivity contribution < 1.29 is 0 Å². The normalized spacial score (nSPS) is 12.0. The van der Waals surface area contributed by atoms with Crippen LogP contribution in [0.15, 0.2) is 243 Å². The highest BCUT2D eigenvalue weighted by Crippen LogP contribution is 2.45. The Morgan fingerprint density at radius 1 is 0.307 bits per heavy atom. The number of para-hydroxylation sites is 1. The van der Waals surface area contributed by atoms with Gasteiger partial charge in [0.15, 0.2) is 0 Å². The van der Waals surface area contributed by atoms with E-state index in [1.807, 2.05) is 0 Å². The summed E-state index contributed by atoms with van der Waals surface area (Å²) in [4.78, 5) is 23.3. The van der Waals surface area contributed by atoms with Gasteiger partial charge in [-0.3, -0.25) is 9.13 Å². The number of fused-ring (bicyclic) bond motifs is 14. The molecule has 11 aromatic carbocycles. The van der Waals surface area contributed by atoms with E-state index >= 15 is 0 Å². The molecule has 0 bridgehead atoms. The highest BCUT2D eigenvalue weighted by atomic mass is 32.1. The Kier molecular flexibility index (Phi) is 9.10. The molecular formula is C68H40N6S. The minimum atomic E-state index is 0.619. The van der Waals surface area contributed by atoms with Crippen molar-refractivity contribution in [3.05, 3.63) is 243 Å². The molecule has 0 saturated carbocycles. The fourth-order valence-electron chi connectivity index (χ4n) is 11.8. The quantitative estimate of drug-likeness (QED) is 0.156. The molecule has 75 heavy (non-hydrogen) atoms. The van der Waals surface area contributed by atoms with Gasteiger partial charge < -0.3 is 0 Å². The third-order valence-corrected chi connectivity index (χ3v) is 16.3. The molecule has 0 atom stereocenters. The van der Waals surface area contributed by atoms with Gasteiger partial charge in [0.1, 0.15) is 0 Å². The SMILES string of the molecule is c1ccc(-c2cc3nc(-n4c5ccc(-c6cccc7c8c9ccccc9ccc8n(-c8nc(-c9ccccc9)c9c(ccc%10ccccc%109)n8)c67)cc5c5c6ccccc6ccc54)nc(-c4ccccc4)c3s2)cc1. The molecule has 0 aliphatic carbocycles. The first kappa shape index (κ1) is 41.8. The Morgan fingerprint density at radius 3 is 1.49 bits per heavy atom. The van der Waals surface area contributed by atoms with Crippen LogP contribution in [-0.2, 0) is 0 Å². The van der Waals surface area contributed by atoms with Gasteiger partial charge in [0.25, 0.3) is 0 Å². The summed E-state index contributed by atoms with van der Waals surface area (Å²) < 4.78 is 5.65. The molecule has 0 spiro atoms. The van der Waals surface area contributed by atoms with E-state index in [9.17, 15) is 0 Å². The van der Waals surface area contributed by atoms with Gasteiger partial charge in [0, 0.05) is 48.5 Å². The standard InChI is InChI=1S/C68H40N6S/c1-4-20-44(21-5-1)59-40-55-66(75-59)64(46-24-8-3-9-25-46)72-67(70-55)73-56-36-34-47(39-53(56)61-49-27-14-11-19-43(49)32-37-57(61)73)51-29-16-30-52-60-48-26-13-10-18-42(48)33-38-58(60)74(65(51)52)68-69-54-35-31-41-17-12-15-28-50(41)62(54)63(71-68)45-22-6-2-7-23-45/h1-40H. The fraction of sp³-hybridized carbons (Fsp3) is 0. The van der Waals surface area contributed by atoms with Crippen molar-refractivity contribution in [1.29, 1.82) is 0 Å². The zero-order chi connectivity index (χ0) is 49.1. The van der Waals surface area contributed by atoms with E-state index in [4.69, 9.17) is 19.9 Å². The lowest BCUT2D eigenvalue weighted by atomic mass is 9.97. The second kappa shape index (κ2) is 16.3. The van der Waals surface area contributed by atoms with Crippen molar-refractivity contribution in [3.8, 4) is 56.0 Å². The molecule has 0 amide bonds. The summed E-state index contributed by atoms with van der Waals surface area (Å²) in [5.41, 5.74) is 13.2. The Balaban J connectivity index is 0.987. The molecule has 16 rings (SSSR count). The molecule has 0 unspecified atom stereocenters. The van der Waals surface area contributed by atoms with Crippen LogP contribution in [0.2, 0.25) is 0 Å². The molecule has 0 aliphatic heterocycles. The van der Waals surface area contributed by atoms with Crippen molar-refractivity contribution in [1.82, 2.24) is 29.1 Å². The number of aromatic nitrogens is 6. The summed E-state index contributed by atoms with van der Waals surface area (Å²) in [5, 5.41) is 12.6. The summed E-state index contributed by atoms with van der Waals surface area (Å²) in [6.45, 7) is 0. The predicted octanol–water partition coefficient (Wildman–Crippen LogP) is 18.0. The third-order valence-electron chi connectivity index (χ3n) is 15.1. The van der Waals surface area contributed by atoms with Crippen LogP contribution >= 0.6 is 11.3 Å². The topological polar surface area (TPSA) is 61.4 Å². The van der Waals surface area contributed by atoms with E-state index < -0.39 is 0 Å². The largest absolute Gasteiger partial charge is 0.278 e. The second-order valence-electron chi connectivity index (χ2n) is 19.3. The summed E-state index contributed by atoms with van der Waals surface area (Å²) in [6, 6.07) is 86.7. The van der Waals surface area contributed by atoms with Crippen molar-refractivity contribution in [2.45, 2.75) is 0 Å². The van der Waals surface area contributed by atoms with E-state index in [1.165, 1.54) is 26.9 Å². The first-order valence-corrected chi connectivity index (χ1v) is 26.1. The smallest absolute Gasteiger partial charge is 0.235 e. The molecule has 0 N–H and O–H groups in total. The summed E-state index contributed by atoms with van der Waals surface area (Å²) in [5.74, 6) is 1.25. The predicted molar refractivity (Wildman–Crippen MR) is 313 cm³/mol. The second-order valence-corrected chi connectivity index (χ2v) is 20.4. The number of nitrogens with zero attached hydrogens (tertiary/aromatic N) is 6. The third kappa shape index (κ3) is 6.38. The molecule has 6 nitrogen and oxygen atoms in total. The number of benzene rings is 11. The molecule has 348 valence electrons. The molecule has 0 fully saturated rings. The van der Waals surface area contributed by atoms with Crippen molar-refractivity contribution in [2.24, 2.45) is 0 Å². The molecular weight excluding hydrogens is 933 g/mol. The lowest BCUT2D eigenvalue weighted by molar-refractivity contribution is 1.01. The maximum atomic E-state index is 5.65.